The Morgan fingerprint density at radius 3 is 2.85 bits per heavy atom. The van der Waals surface area contributed by atoms with Gasteiger partial charge >= 0.3 is 0 Å². The summed E-state index contributed by atoms with van der Waals surface area (Å²) in [7, 11) is 0. The number of thioether (sulfide) groups is 1. The molecule has 0 aliphatic carbocycles. The van der Waals surface area contributed by atoms with Crippen LogP contribution in [0.3, 0.4) is 0 Å². The summed E-state index contributed by atoms with van der Waals surface area (Å²) in [6, 6.07) is 7.74. The first kappa shape index (κ1) is 20.1. The highest BCUT2D eigenvalue weighted by molar-refractivity contribution is 8.00. The molecule has 2 aliphatic rings. The average Bonchev–Trinajstić information content (AvgIpc) is 2.72. The number of hydrogen-bond acceptors (Lipinski definition) is 4. The smallest absolute Gasteiger partial charge is 0.260 e. The van der Waals surface area contributed by atoms with E-state index in [2.05, 4.69) is 5.32 Å². The lowest BCUT2D eigenvalue weighted by Gasteiger charge is -2.33. The molecule has 0 aromatic heterocycles. The van der Waals surface area contributed by atoms with Crippen molar-refractivity contribution in [2.45, 2.75) is 44.3 Å². The predicted molar refractivity (Wildman–Crippen MR) is 109 cm³/mol. The van der Waals surface area contributed by atoms with Crippen molar-refractivity contribution in [3.8, 4) is 5.75 Å². The van der Waals surface area contributed by atoms with Crippen molar-refractivity contribution in [2.24, 2.45) is 5.92 Å². The van der Waals surface area contributed by atoms with Crippen LogP contribution in [0, 0.1) is 12.8 Å². The normalized spacial score (nSPS) is 22.9. The molecule has 0 bridgehead atoms. The minimum atomic E-state index is 0.0251. The van der Waals surface area contributed by atoms with E-state index in [0.29, 0.717) is 19.0 Å². The highest BCUT2D eigenvalue weighted by Crippen LogP contribution is 2.25. The molecular weight excluding hydrogens is 360 g/mol. The Bertz CT molecular complexity index is 646. The van der Waals surface area contributed by atoms with E-state index in [0.717, 1.165) is 49.3 Å². The summed E-state index contributed by atoms with van der Waals surface area (Å²) in [5, 5.41) is 3.23. The molecule has 2 fully saturated rings. The third-order valence-electron chi connectivity index (χ3n) is 5.35. The third-order valence-corrected chi connectivity index (χ3v) is 6.73. The van der Waals surface area contributed by atoms with E-state index < -0.39 is 0 Å². The van der Waals surface area contributed by atoms with Crippen molar-refractivity contribution in [1.82, 2.24) is 10.2 Å². The molecule has 0 saturated carbocycles. The van der Waals surface area contributed by atoms with Gasteiger partial charge in [-0.15, -0.1) is 11.8 Å². The predicted octanol–water partition coefficient (Wildman–Crippen LogP) is 3.01. The van der Waals surface area contributed by atoms with Gasteiger partial charge in [-0.1, -0.05) is 24.6 Å². The van der Waals surface area contributed by atoms with Gasteiger partial charge in [-0.05, 0) is 55.9 Å². The van der Waals surface area contributed by atoms with Crippen LogP contribution in [0.1, 0.15) is 37.7 Å². The van der Waals surface area contributed by atoms with E-state index in [1.165, 1.54) is 6.42 Å². The van der Waals surface area contributed by atoms with Crippen molar-refractivity contribution < 1.29 is 14.3 Å². The number of nitrogens with zero attached hydrogens (tertiary/aromatic N) is 1. The van der Waals surface area contributed by atoms with E-state index in [1.54, 1.807) is 11.8 Å². The lowest BCUT2D eigenvalue weighted by atomic mass is 9.98. The third kappa shape index (κ3) is 5.89. The highest BCUT2D eigenvalue weighted by atomic mass is 32.2. The van der Waals surface area contributed by atoms with Crippen LogP contribution in [0.4, 0.5) is 0 Å². The number of para-hydroxylation sites is 1. The van der Waals surface area contributed by atoms with Crippen molar-refractivity contribution >= 4 is 23.6 Å². The molecule has 148 valence electrons. The second-order valence-corrected chi connectivity index (χ2v) is 8.81. The van der Waals surface area contributed by atoms with E-state index >= 15 is 0 Å². The molecule has 0 radical (unpaired) electrons. The minimum absolute atomic E-state index is 0.0251. The van der Waals surface area contributed by atoms with Gasteiger partial charge in [0.1, 0.15) is 5.75 Å². The molecule has 3 rings (SSSR count). The number of benzene rings is 1. The summed E-state index contributed by atoms with van der Waals surface area (Å²) in [6.45, 7) is 4.19. The van der Waals surface area contributed by atoms with Gasteiger partial charge in [-0.25, -0.2) is 0 Å². The molecule has 0 spiro atoms. The van der Waals surface area contributed by atoms with Crippen LogP contribution < -0.4 is 10.1 Å². The van der Waals surface area contributed by atoms with E-state index in [9.17, 15) is 9.59 Å². The Labute approximate surface area is 166 Å². The zero-order valence-corrected chi connectivity index (χ0v) is 16.9. The van der Waals surface area contributed by atoms with Gasteiger partial charge in [-0.2, -0.15) is 0 Å². The number of ether oxygens (including phenoxy) is 1. The number of piperidine rings is 1. The molecular formula is C21H30N2O3S. The molecule has 6 heteroatoms. The zero-order chi connectivity index (χ0) is 19.1. The van der Waals surface area contributed by atoms with Gasteiger partial charge in [-0.3, -0.25) is 9.59 Å². The fourth-order valence-electron chi connectivity index (χ4n) is 3.71. The average molecular weight is 391 g/mol. The van der Waals surface area contributed by atoms with Gasteiger partial charge in [0.2, 0.25) is 5.91 Å². The van der Waals surface area contributed by atoms with Crippen LogP contribution in [0.2, 0.25) is 0 Å². The SMILES string of the molecule is Cc1ccccc1OCC(=O)N1CCCC(CNC(=O)C2CCCCS2)C1. The number of hydrogen-bond donors (Lipinski definition) is 1. The largest absolute Gasteiger partial charge is 0.484 e. The van der Waals surface area contributed by atoms with Crippen molar-refractivity contribution in [1.29, 1.82) is 0 Å². The van der Waals surface area contributed by atoms with Crippen LogP contribution in [0.25, 0.3) is 0 Å². The van der Waals surface area contributed by atoms with Crippen LogP contribution in [-0.4, -0.2) is 54.0 Å². The molecule has 2 aliphatic heterocycles. The zero-order valence-electron chi connectivity index (χ0n) is 16.1. The fraction of sp³-hybridized carbons (Fsp3) is 0.619. The van der Waals surface area contributed by atoms with Gasteiger partial charge in [0, 0.05) is 19.6 Å². The molecule has 1 aromatic rings. The van der Waals surface area contributed by atoms with Crippen LogP contribution in [0.15, 0.2) is 24.3 Å². The first-order valence-electron chi connectivity index (χ1n) is 9.99. The Kier molecular flexibility index (Phi) is 7.44. The molecule has 2 atom stereocenters. The molecule has 2 heterocycles. The van der Waals surface area contributed by atoms with Gasteiger partial charge in [0.15, 0.2) is 6.61 Å². The second kappa shape index (κ2) is 10.0. The first-order valence-corrected chi connectivity index (χ1v) is 11.0. The Hall–Kier alpha value is -1.69. The lowest BCUT2D eigenvalue weighted by Crippen LogP contribution is -2.46. The first-order chi connectivity index (χ1) is 13.1. The van der Waals surface area contributed by atoms with Gasteiger partial charge in [0.05, 0.1) is 5.25 Å². The van der Waals surface area contributed by atoms with Crippen molar-refractivity contribution in [3.05, 3.63) is 29.8 Å². The van der Waals surface area contributed by atoms with Gasteiger partial charge in [0.25, 0.3) is 5.91 Å². The topological polar surface area (TPSA) is 58.6 Å². The summed E-state index contributed by atoms with van der Waals surface area (Å²) < 4.78 is 5.70. The molecule has 5 nitrogen and oxygen atoms in total. The Balaban J connectivity index is 1.42. The Morgan fingerprint density at radius 2 is 2.07 bits per heavy atom. The van der Waals surface area contributed by atoms with E-state index in [-0.39, 0.29) is 23.7 Å². The summed E-state index contributed by atoms with van der Waals surface area (Å²) in [5.74, 6) is 2.38. The Morgan fingerprint density at radius 1 is 1.22 bits per heavy atom. The highest BCUT2D eigenvalue weighted by Gasteiger charge is 2.26. The van der Waals surface area contributed by atoms with Gasteiger partial charge < -0.3 is 15.0 Å². The maximum atomic E-state index is 12.5. The van der Waals surface area contributed by atoms with Crippen molar-refractivity contribution in [3.63, 3.8) is 0 Å². The van der Waals surface area contributed by atoms with E-state index in [4.69, 9.17) is 4.74 Å². The lowest BCUT2D eigenvalue weighted by molar-refractivity contribution is -0.135. The second-order valence-electron chi connectivity index (χ2n) is 7.50. The summed E-state index contributed by atoms with van der Waals surface area (Å²) >= 11 is 1.78. The molecule has 2 unspecified atom stereocenters. The quantitative estimate of drug-likeness (QED) is 0.811. The number of aryl methyl sites for hydroxylation is 1. The molecule has 27 heavy (non-hydrogen) atoms. The summed E-state index contributed by atoms with van der Waals surface area (Å²) in [4.78, 5) is 26.7. The number of carbonyl (C=O) groups excluding carboxylic acids is 2. The molecule has 1 aromatic carbocycles. The standard InChI is InChI=1S/C21H30N2O3S/c1-16-7-2-3-9-18(16)26-15-20(24)23-11-6-8-17(14-23)13-22-21(25)19-10-4-5-12-27-19/h2-3,7,9,17,19H,4-6,8,10-15H2,1H3,(H,22,25). The van der Waals surface area contributed by atoms with Crippen LogP contribution >= 0.6 is 11.8 Å². The monoisotopic (exact) mass is 390 g/mol. The fourth-order valence-corrected chi connectivity index (χ4v) is 4.94. The van der Waals surface area contributed by atoms with Crippen molar-refractivity contribution in [2.75, 3.05) is 32.0 Å². The minimum Gasteiger partial charge on any atom is -0.484 e. The number of carbonyl (C=O) groups is 2. The summed E-state index contributed by atoms with van der Waals surface area (Å²) in [5.41, 5.74) is 1.03. The number of rotatable bonds is 6. The molecule has 2 amide bonds. The van der Waals surface area contributed by atoms with E-state index in [1.807, 2.05) is 36.1 Å². The summed E-state index contributed by atoms with van der Waals surface area (Å²) in [6.07, 6.45) is 5.40. The maximum Gasteiger partial charge on any atom is 0.260 e. The van der Waals surface area contributed by atoms with Crippen LogP contribution in [0.5, 0.6) is 5.75 Å². The molecule has 1 N–H and O–H groups in total. The number of nitrogens with one attached hydrogen (secondary N) is 1. The number of amides is 2. The molecule has 2 saturated heterocycles. The maximum absolute atomic E-state index is 12.5. The van der Waals surface area contributed by atoms with Crippen LogP contribution in [-0.2, 0) is 9.59 Å². The number of likely N-dealkylation sites (tertiary alicyclic amines) is 1.